The molecule has 0 unspecified atom stereocenters. The molecule has 0 saturated carbocycles. The summed E-state index contributed by atoms with van der Waals surface area (Å²) in [7, 11) is 0. The van der Waals surface area contributed by atoms with E-state index in [1.165, 1.54) is 0 Å². The van der Waals surface area contributed by atoms with Gasteiger partial charge in [-0.1, -0.05) is 20.8 Å². The molecule has 3 rings (SSSR count). The van der Waals surface area contributed by atoms with Crippen LogP contribution < -0.4 is 5.32 Å². The van der Waals surface area contributed by atoms with E-state index in [-0.39, 0.29) is 24.4 Å². The first kappa shape index (κ1) is 19.1. The molecule has 1 aliphatic heterocycles. The summed E-state index contributed by atoms with van der Waals surface area (Å²) in [5.74, 6) is 0.761. The van der Waals surface area contributed by atoms with E-state index in [2.05, 4.69) is 15.5 Å². The van der Waals surface area contributed by atoms with Crippen LogP contribution in [0.4, 0.5) is 5.82 Å². The molecule has 2 aromatic heterocycles. The van der Waals surface area contributed by atoms with Crippen LogP contribution in [0, 0.1) is 12.3 Å². The van der Waals surface area contributed by atoms with Crippen LogP contribution in [0.5, 0.6) is 0 Å². The van der Waals surface area contributed by atoms with Crippen molar-refractivity contribution >= 4 is 17.6 Å². The van der Waals surface area contributed by atoms with Crippen molar-refractivity contribution in [1.29, 1.82) is 0 Å². The molecule has 2 amide bonds. The van der Waals surface area contributed by atoms with Crippen molar-refractivity contribution in [3.8, 4) is 0 Å². The summed E-state index contributed by atoms with van der Waals surface area (Å²) in [5, 5.41) is 11.6. The number of piperidine rings is 1. The second-order valence-corrected chi connectivity index (χ2v) is 8.13. The SMILES string of the molecule is Cc1ccn(CC(=O)N2CCC(n3nccc3NC(=O)C(C)(C)C)CC2)n1. The molecule has 0 bridgehead atoms. The molecule has 8 heteroatoms. The Hall–Kier alpha value is -2.64. The predicted octanol–water partition coefficient (Wildman–Crippen LogP) is 2.24. The molecule has 0 atom stereocenters. The standard InChI is InChI=1S/C19H28N6O2/c1-14-6-12-24(22-14)13-17(26)23-10-7-15(8-11-23)25-16(5-9-20-25)21-18(27)19(2,3)4/h5-6,9,12,15H,7-8,10-11,13H2,1-4H3,(H,21,27). The van der Waals surface area contributed by atoms with Gasteiger partial charge in [0, 0.05) is 30.8 Å². The summed E-state index contributed by atoms with van der Waals surface area (Å²) in [6.07, 6.45) is 5.15. The minimum absolute atomic E-state index is 0.0358. The van der Waals surface area contributed by atoms with Gasteiger partial charge in [-0.3, -0.25) is 14.3 Å². The molecular formula is C19H28N6O2. The summed E-state index contributed by atoms with van der Waals surface area (Å²) in [6, 6.07) is 3.89. The number of likely N-dealkylation sites (tertiary alicyclic amines) is 1. The maximum atomic E-state index is 12.5. The highest BCUT2D eigenvalue weighted by Crippen LogP contribution is 2.26. The Morgan fingerprint density at radius 1 is 1.22 bits per heavy atom. The van der Waals surface area contributed by atoms with E-state index < -0.39 is 5.41 Å². The van der Waals surface area contributed by atoms with E-state index in [1.807, 2.05) is 55.6 Å². The number of amides is 2. The first-order valence-corrected chi connectivity index (χ1v) is 9.37. The molecule has 8 nitrogen and oxygen atoms in total. The Morgan fingerprint density at radius 3 is 2.52 bits per heavy atom. The monoisotopic (exact) mass is 372 g/mol. The number of carbonyl (C=O) groups excluding carboxylic acids is 2. The number of hydrogen-bond acceptors (Lipinski definition) is 4. The zero-order valence-electron chi connectivity index (χ0n) is 16.5. The lowest BCUT2D eigenvalue weighted by atomic mass is 9.96. The van der Waals surface area contributed by atoms with Crippen LogP contribution in [-0.4, -0.2) is 49.4 Å². The molecule has 0 aliphatic carbocycles. The third-order valence-electron chi connectivity index (χ3n) is 4.83. The van der Waals surface area contributed by atoms with Crippen LogP contribution >= 0.6 is 0 Å². The first-order valence-electron chi connectivity index (χ1n) is 9.37. The smallest absolute Gasteiger partial charge is 0.244 e. The van der Waals surface area contributed by atoms with Gasteiger partial charge in [-0.25, -0.2) is 4.68 Å². The molecule has 3 heterocycles. The van der Waals surface area contributed by atoms with E-state index in [9.17, 15) is 9.59 Å². The normalized spacial score (nSPS) is 15.8. The van der Waals surface area contributed by atoms with Gasteiger partial charge in [0.05, 0.1) is 17.9 Å². The van der Waals surface area contributed by atoms with Crippen LogP contribution in [-0.2, 0) is 16.1 Å². The zero-order chi connectivity index (χ0) is 19.6. The lowest BCUT2D eigenvalue weighted by Crippen LogP contribution is -2.41. The third kappa shape index (κ3) is 4.56. The van der Waals surface area contributed by atoms with Crippen molar-refractivity contribution in [3.05, 3.63) is 30.2 Å². The number of anilines is 1. The van der Waals surface area contributed by atoms with E-state index in [1.54, 1.807) is 10.9 Å². The topological polar surface area (TPSA) is 85.0 Å². The number of aromatic nitrogens is 4. The molecule has 146 valence electrons. The Morgan fingerprint density at radius 2 is 1.93 bits per heavy atom. The van der Waals surface area contributed by atoms with Crippen molar-refractivity contribution in [2.45, 2.75) is 53.1 Å². The number of carbonyl (C=O) groups is 2. The number of hydrogen-bond donors (Lipinski definition) is 1. The predicted molar refractivity (Wildman–Crippen MR) is 102 cm³/mol. The molecule has 0 radical (unpaired) electrons. The maximum absolute atomic E-state index is 12.5. The quantitative estimate of drug-likeness (QED) is 0.892. The fourth-order valence-electron chi connectivity index (χ4n) is 3.16. The lowest BCUT2D eigenvalue weighted by Gasteiger charge is -2.33. The largest absolute Gasteiger partial charge is 0.341 e. The molecule has 27 heavy (non-hydrogen) atoms. The Bertz CT molecular complexity index is 808. The molecule has 1 aliphatic rings. The Kier molecular flexibility index (Phi) is 5.34. The Balaban J connectivity index is 1.57. The number of nitrogens with one attached hydrogen (secondary N) is 1. The number of rotatable bonds is 4. The van der Waals surface area contributed by atoms with Gasteiger partial charge < -0.3 is 10.2 Å². The second kappa shape index (κ2) is 7.54. The van der Waals surface area contributed by atoms with E-state index in [0.29, 0.717) is 18.9 Å². The number of nitrogens with zero attached hydrogens (tertiary/aromatic N) is 5. The molecule has 1 N–H and O–H groups in total. The van der Waals surface area contributed by atoms with Gasteiger partial charge in [-0.15, -0.1) is 0 Å². The van der Waals surface area contributed by atoms with Gasteiger partial charge in [0.2, 0.25) is 11.8 Å². The van der Waals surface area contributed by atoms with Crippen molar-refractivity contribution in [2.75, 3.05) is 18.4 Å². The highest BCUT2D eigenvalue weighted by Gasteiger charge is 2.27. The molecule has 0 spiro atoms. The second-order valence-electron chi connectivity index (χ2n) is 8.13. The average molecular weight is 372 g/mol. The van der Waals surface area contributed by atoms with Crippen LogP contribution in [0.1, 0.15) is 45.3 Å². The van der Waals surface area contributed by atoms with E-state index >= 15 is 0 Å². The van der Waals surface area contributed by atoms with Gasteiger partial charge in [0.15, 0.2) is 0 Å². The summed E-state index contributed by atoms with van der Waals surface area (Å²) in [4.78, 5) is 26.6. The zero-order valence-corrected chi connectivity index (χ0v) is 16.5. The lowest BCUT2D eigenvalue weighted by molar-refractivity contribution is -0.133. The fourth-order valence-corrected chi connectivity index (χ4v) is 3.16. The highest BCUT2D eigenvalue weighted by molar-refractivity contribution is 5.93. The van der Waals surface area contributed by atoms with Gasteiger partial charge in [0.25, 0.3) is 0 Å². The summed E-state index contributed by atoms with van der Waals surface area (Å²) >= 11 is 0. The molecular weight excluding hydrogens is 344 g/mol. The molecule has 1 fully saturated rings. The van der Waals surface area contributed by atoms with Crippen molar-refractivity contribution in [2.24, 2.45) is 5.41 Å². The van der Waals surface area contributed by atoms with E-state index in [0.717, 1.165) is 18.5 Å². The summed E-state index contributed by atoms with van der Waals surface area (Å²) in [5.41, 5.74) is 0.445. The average Bonchev–Trinajstić information content (AvgIpc) is 3.23. The Labute approximate surface area is 159 Å². The van der Waals surface area contributed by atoms with Crippen molar-refractivity contribution in [3.63, 3.8) is 0 Å². The highest BCUT2D eigenvalue weighted by atomic mass is 16.2. The number of aryl methyl sites for hydroxylation is 1. The summed E-state index contributed by atoms with van der Waals surface area (Å²) < 4.78 is 3.56. The van der Waals surface area contributed by atoms with Crippen molar-refractivity contribution < 1.29 is 9.59 Å². The molecule has 0 aromatic carbocycles. The van der Waals surface area contributed by atoms with Crippen molar-refractivity contribution in [1.82, 2.24) is 24.5 Å². The van der Waals surface area contributed by atoms with Crippen LogP contribution in [0.25, 0.3) is 0 Å². The van der Waals surface area contributed by atoms with Gasteiger partial charge in [-0.05, 0) is 25.8 Å². The third-order valence-corrected chi connectivity index (χ3v) is 4.83. The maximum Gasteiger partial charge on any atom is 0.244 e. The van der Waals surface area contributed by atoms with Crippen LogP contribution in [0.15, 0.2) is 24.5 Å². The summed E-state index contributed by atoms with van der Waals surface area (Å²) in [6.45, 7) is 9.18. The first-order chi connectivity index (χ1) is 12.7. The fraction of sp³-hybridized carbons (Fsp3) is 0.579. The minimum atomic E-state index is -0.463. The van der Waals surface area contributed by atoms with Gasteiger partial charge >= 0.3 is 0 Å². The van der Waals surface area contributed by atoms with Crippen LogP contribution in [0.3, 0.4) is 0 Å². The van der Waals surface area contributed by atoms with Crippen LogP contribution in [0.2, 0.25) is 0 Å². The van der Waals surface area contributed by atoms with Gasteiger partial charge in [-0.2, -0.15) is 10.2 Å². The minimum Gasteiger partial charge on any atom is -0.341 e. The molecule has 1 saturated heterocycles. The molecule has 2 aromatic rings. The van der Waals surface area contributed by atoms with Gasteiger partial charge in [0.1, 0.15) is 12.4 Å². The van der Waals surface area contributed by atoms with E-state index in [4.69, 9.17) is 0 Å².